The Morgan fingerprint density at radius 2 is 2.10 bits per heavy atom. The van der Waals surface area contributed by atoms with Crippen LogP contribution >= 0.6 is 22.7 Å². The minimum absolute atomic E-state index is 0.989. The van der Waals surface area contributed by atoms with E-state index in [1.54, 1.807) is 11.3 Å². The predicted octanol–water partition coefficient (Wildman–Crippen LogP) is 3.18. The van der Waals surface area contributed by atoms with E-state index in [2.05, 4.69) is 33.7 Å². The monoisotopic (exact) mass is 322 g/mol. The SMILES string of the molecule is Cc1ncsc1CCN(C)Cc1cnc(N2CCCC2)s1. The van der Waals surface area contributed by atoms with Crippen LogP contribution in [0.3, 0.4) is 0 Å². The van der Waals surface area contributed by atoms with Gasteiger partial charge in [0.15, 0.2) is 5.13 Å². The molecular formula is C15H22N4S2. The van der Waals surface area contributed by atoms with Crippen molar-refractivity contribution in [2.75, 3.05) is 31.6 Å². The Balaban J connectivity index is 1.50. The number of aromatic nitrogens is 2. The fourth-order valence-electron chi connectivity index (χ4n) is 2.63. The van der Waals surface area contributed by atoms with Gasteiger partial charge in [-0.05, 0) is 33.2 Å². The maximum atomic E-state index is 4.59. The number of hydrogen-bond acceptors (Lipinski definition) is 6. The van der Waals surface area contributed by atoms with Gasteiger partial charge < -0.3 is 9.80 Å². The topological polar surface area (TPSA) is 32.3 Å². The molecule has 0 atom stereocenters. The fourth-order valence-corrected chi connectivity index (χ4v) is 4.44. The Hall–Kier alpha value is -0.980. The van der Waals surface area contributed by atoms with Gasteiger partial charge in [0.2, 0.25) is 0 Å². The molecule has 1 aliphatic heterocycles. The Kier molecular flexibility index (Phi) is 4.87. The van der Waals surface area contributed by atoms with Crippen molar-refractivity contribution in [1.82, 2.24) is 14.9 Å². The lowest BCUT2D eigenvalue weighted by atomic mass is 10.3. The molecule has 0 radical (unpaired) electrons. The summed E-state index contributed by atoms with van der Waals surface area (Å²) in [7, 11) is 2.19. The van der Waals surface area contributed by atoms with Crippen LogP contribution in [0.2, 0.25) is 0 Å². The van der Waals surface area contributed by atoms with Gasteiger partial charge in [-0.25, -0.2) is 9.97 Å². The molecule has 1 aliphatic rings. The van der Waals surface area contributed by atoms with Crippen molar-refractivity contribution in [2.24, 2.45) is 0 Å². The number of likely N-dealkylation sites (N-methyl/N-ethyl adjacent to an activating group) is 1. The van der Waals surface area contributed by atoms with E-state index in [1.165, 1.54) is 46.5 Å². The summed E-state index contributed by atoms with van der Waals surface area (Å²) in [6.07, 6.45) is 5.75. The highest BCUT2D eigenvalue weighted by molar-refractivity contribution is 7.15. The second-order valence-electron chi connectivity index (χ2n) is 5.65. The normalized spacial score (nSPS) is 15.3. The van der Waals surface area contributed by atoms with Gasteiger partial charge in [-0.15, -0.1) is 22.7 Å². The lowest BCUT2D eigenvalue weighted by Crippen LogP contribution is -2.20. The van der Waals surface area contributed by atoms with Gasteiger partial charge in [-0.3, -0.25) is 0 Å². The van der Waals surface area contributed by atoms with Crippen LogP contribution in [0.25, 0.3) is 0 Å². The largest absolute Gasteiger partial charge is 0.348 e. The van der Waals surface area contributed by atoms with E-state index in [0.717, 1.165) is 19.5 Å². The molecule has 0 aliphatic carbocycles. The number of thiazole rings is 2. The molecule has 4 nitrogen and oxygen atoms in total. The van der Waals surface area contributed by atoms with E-state index in [9.17, 15) is 0 Å². The lowest BCUT2D eigenvalue weighted by Gasteiger charge is -2.15. The summed E-state index contributed by atoms with van der Waals surface area (Å²) in [6, 6.07) is 0. The first-order valence-electron chi connectivity index (χ1n) is 7.49. The van der Waals surface area contributed by atoms with Crippen molar-refractivity contribution >= 4 is 27.8 Å². The van der Waals surface area contributed by atoms with E-state index in [4.69, 9.17) is 0 Å². The molecule has 6 heteroatoms. The third kappa shape index (κ3) is 3.81. The standard InChI is InChI=1S/C15H22N4S2/c1-12-14(20-11-17-12)5-8-18(2)10-13-9-16-15(21-13)19-6-3-4-7-19/h9,11H,3-8,10H2,1-2H3. The summed E-state index contributed by atoms with van der Waals surface area (Å²) in [6.45, 7) is 6.50. The molecule has 2 aromatic heterocycles. The Morgan fingerprint density at radius 1 is 1.29 bits per heavy atom. The van der Waals surface area contributed by atoms with Crippen LogP contribution in [0.15, 0.2) is 11.7 Å². The first-order chi connectivity index (χ1) is 10.2. The quantitative estimate of drug-likeness (QED) is 0.817. The molecule has 0 bridgehead atoms. The first kappa shape index (κ1) is 14.9. The second-order valence-corrected chi connectivity index (χ2v) is 7.69. The third-order valence-corrected chi connectivity index (χ3v) is 5.95. The summed E-state index contributed by atoms with van der Waals surface area (Å²) in [5, 5.41) is 1.20. The molecule has 0 amide bonds. The van der Waals surface area contributed by atoms with Crippen LogP contribution in [0, 0.1) is 6.92 Å². The van der Waals surface area contributed by atoms with Crippen molar-refractivity contribution in [2.45, 2.75) is 32.7 Å². The molecular weight excluding hydrogens is 300 g/mol. The summed E-state index contributed by atoms with van der Waals surface area (Å²) in [5.74, 6) is 0. The zero-order chi connectivity index (χ0) is 14.7. The summed E-state index contributed by atoms with van der Waals surface area (Å²) >= 11 is 3.61. The Morgan fingerprint density at radius 3 is 2.81 bits per heavy atom. The lowest BCUT2D eigenvalue weighted by molar-refractivity contribution is 0.334. The maximum absolute atomic E-state index is 4.59. The molecule has 114 valence electrons. The fraction of sp³-hybridized carbons (Fsp3) is 0.600. The van der Waals surface area contributed by atoms with Crippen LogP contribution in [0.1, 0.15) is 28.3 Å². The van der Waals surface area contributed by atoms with Crippen LogP contribution in [-0.4, -0.2) is 41.5 Å². The highest BCUT2D eigenvalue weighted by atomic mass is 32.1. The second kappa shape index (κ2) is 6.85. The Labute approximate surface area is 134 Å². The number of aryl methyl sites for hydroxylation is 1. The smallest absolute Gasteiger partial charge is 0.185 e. The number of nitrogens with zero attached hydrogens (tertiary/aromatic N) is 4. The molecule has 21 heavy (non-hydrogen) atoms. The van der Waals surface area contributed by atoms with Crippen LogP contribution in [0.5, 0.6) is 0 Å². The molecule has 1 fully saturated rings. The highest BCUT2D eigenvalue weighted by Crippen LogP contribution is 2.26. The zero-order valence-corrected chi connectivity index (χ0v) is 14.3. The van der Waals surface area contributed by atoms with Crippen molar-refractivity contribution < 1.29 is 0 Å². The molecule has 0 aromatic carbocycles. The van der Waals surface area contributed by atoms with E-state index in [-0.39, 0.29) is 0 Å². The predicted molar refractivity (Wildman–Crippen MR) is 90.5 cm³/mol. The maximum Gasteiger partial charge on any atom is 0.185 e. The number of rotatable bonds is 6. The highest BCUT2D eigenvalue weighted by Gasteiger charge is 2.16. The van der Waals surface area contributed by atoms with Gasteiger partial charge >= 0.3 is 0 Å². The van der Waals surface area contributed by atoms with Crippen molar-refractivity contribution in [3.63, 3.8) is 0 Å². The van der Waals surface area contributed by atoms with E-state index < -0.39 is 0 Å². The Bertz CT molecular complexity index is 572. The minimum Gasteiger partial charge on any atom is -0.348 e. The van der Waals surface area contributed by atoms with Gasteiger partial charge in [0.05, 0.1) is 11.2 Å². The molecule has 0 N–H and O–H groups in total. The molecule has 2 aromatic rings. The van der Waals surface area contributed by atoms with Gasteiger partial charge in [-0.2, -0.15) is 0 Å². The van der Waals surface area contributed by atoms with Crippen LogP contribution < -0.4 is 4.90 Å². The number of hydrogen-bond donors (Lipinski definition) is 0. The van der Waals surface area contributed by atoms with Crippen molar-refractivity contribution in [3.05, 3.63) is 27.2 Å². The molecule has 0 unspecified atom stereocenters. The number of anilines is 1. The first-order valence-corrected chi connectivity index (χ1v) is 9.19. The van der Waals surface area contributed by atoms with Gasteiger partial charge in [0.1, 0.15) is 0 Å². The minimum atomic E-state index is 0.989. The van der Waals surface area contributed by atoms with Crippen LogP contribution in [0.4, 0.5) is 5.13 Å². The molecule has 1 saturated heterocycles. The van der Waals surface area contributed by atoms with E-state index in [0.29, 0.717) is 0 Å². The molecule has 0 saturated carbocycles. The van der Waals surface area contributed by atoms with Crippen LogP contribution in [-0.2, 0) is 13.0 Å². The van der Waals surface area contributed by atoms with Crippen molar-refractivity contribution in [3.8, 4) is 0 Å². The van der Waals surface area contributed by atoms with Gasteiger partial charge in [0.25, 0.3) is 0 Å². The molecule has 3 heterocycles. The summed E-state index contributed by atoms with van der Waals surface area (Å²) in [4.78, 5) is 16.5. The van der Waals surface area contributed by atoms with E-state index in [1.807, 2.05) is 23.0 Å². The third-order valence-electron chi connectivity index (χ3n) is 3.91. The zero-order valence-electron chi connectivity index (χ0n) is 12.7. The molecule has 3 rings (SSSR count). The van der Waals surface area contributed by atoms with Gasteiger partial charge in [0, 0.05) is 42.1 Å². The van der Waals surface area contributed by atoms with Gasteiger partial charge in [-0.1, -0.05) is 0 Å². The van der Waals surface area contributed by atoms with E-state index >= 15 is 0 Å². The van der Waals surface area contributed by atoms with Crippen molar-refractivity contribution in [1.29, 1.82) is 0 Å². The molecule has 0 spiro atoms. The average molecular weight is 323 g/mol. The summed E-state index contributed by atoms with van der Waals surface area (Å²) < 4.78 is 0. The summed E-state index contributed by atoms with van der Waals surface area (Å²) in [5.41, 5.74) is 3.12. The average Bonchev–Trinajstić information content (AvgIpc) is 3.17.